The number of nitrogens with zero attached hydrogens (tertiary/aromatic N) is 2. The van der Waals surface area contributed by atoms with Crippen LogP contribution in [0.3, 0.4) is 0 Å². The monoisotopic (exact) mass is 373 g/mol. The van der Waals surface area contributed by atoms with E-state index in [9.17, 15) is 0 Å². The minimum atomic E-state index is 0.454. The molecule has 0 amide bonds. The van der Waals surface area contributed by atoms with Crippen molar-refractivity contribution in [2.75, 3.05) is 12.8 Å². The van der Waals surface area contributed by atoms with E-state index in [4.69, 9.17) is 0 Å². The molecule has 3 nitrogen and oxygen atoms in total. The summed E-state index contributed by atoms with van der Waals surface area (Å²) in [4.78, 5) is 0. The highest BCUT2D eigenvalue weighted by atomic mass is 79.9. The zero-order valence-corrected chi connectivity index (χ0v) is 15.9. The molecule has 1 fully saturated rings. The van der Waals surface area contributed by atoms with E-state index in [-0.39, 0.29) is 0 Å². The van der Waals surface area contributed by atoms with Gasteiger partial charge in [-0.3, -0.25) is 4.68 Å². The van der Waals surface area contributed by atoms with Gasteiger partial charge in [0, 0.05) is 24.4 Å². The first-order valence-electron chi connectivity index (χ1n) is 8.15. The molecule has 1 heterocycles. The molecule has 0 aromatic carbocycles. The van der Waals surface area contributed by atoms with E-state index in [1.165, 1.54) is 48.0 Å². The number of aryl methyl sites for hydroxylation is 2. The summed E-state index contributed by atoms with van der Waals surface area (Å²) in [7, 11) is 0. The third kappa shape index (κ3) is 4.05. The van der Waals surface area contributed by atoms with Crippen LogP contribution in [0.1, 0.15) is 57.3 Å². The van der Waals surface area contributed by atoms with Gasteiger partial charge in [0.1, 0.15) is 0 Å². The topological polar surface area (TPSA) is 29.9 Å². The number of thioether (sulfide) groups is 1. The smallest absolute Gasteiger partial charge is 0.0767 e. The third-order valence-electron chi connectivity index (χ3n) is 4.63. The maximum Gasteiger partial charge on any atom is 0.0767 e. The predicted octanol–water partition coefficient (Wildman–Crippen LogP) is 4.38. The van der Waals surface area contributed by atoms with Crippen molar-refractivity contribution >= 4 is 27.7 Å². The molecule has 0 saturated heterocycles. The van der Waals surface area contributed by atoms with E-state index < -0.39 is 0 Å². The van der Waals surface area contributed by atoms with E-state index >= 15 is 0 Å². The molecule has 5 heteroatoms. The summed E-state index contributed by atoms with van der Waals surface area (Å²) in [5.41, 5.74) is 2.47. The van der Waals surface area contributed by atoms with Crippen LogP contribution in [-0.2, 0) is 19.5 Å². The van der Waals surface area contributed by atoms with Crippen LogP contribution >= 0.6 is 27.7 Å². The number of hydrogen-bond acceptors (Lipinski definition) is 3. The molecule has 0 radical (unpaired) electrons. The number of hydrogen-bond donors (Lipinski definition) is 1. The van der Waals surface area contributed by atoms with E-state index in [1.807, 2.05) is 0 Å². The molecule has 0 unspecified atom stereocenters. The van der Waals surface area contributed by atoms with Crippen LogP contribution in [0.25, 0.3) is 0 Å². The largest absolute Gasteiger partial charge is 0.310 e. The summed E-state index contributed by atoms with van der Waals surface area (Å²) in [6, 6.07) is 0. The molecule has 21 heavy (non-hydrogen) atoms. The molecule has 0 spiro atoms. The standard InChI is InChI=1S/C16H28BrN3S/c1-4-13-15(17)14(20(5-2)19-13)11-18-12-16(21-3)9-7-6-8-10-16/h18H,4-12H2,1-3H3. The zero-order chi connectivity index (χ0) is 15.3. The number of aromatic nitrogens is 2. The van der Waals surface area contributed by atoms with Gasteiger partial charge in [0.05, 0.1) is 15.9 Å². The van der Waals surface area contributed by atoms with E-state index in [1.54, 1.807) is 0 Å². The van der Waals surface area contributed by atoms with Crippen molar-refractivity contribution in [3.63, 3.8) is 0 Å². The lowest BCUT2D eigenvalue weighted by atomic mass is 9.88. The first-order valence-corrected chi connectivity index (χ1v) is 10.2. The van der Waals surface area contributed by atoms with Gasteiger partial charge in [-0.2, -0.15) is 16.9 Å². The SMILES string of the molecule is CCc1nn(CC)c(CNCC2(SC)CCCCC2)c1Br. The van der Waals surface area contributed by atoms with E-state index in [0.29, 0.717) is 4.75 Å². The van der Waals surface area contributed by atoms with Crippen molar-refractivity contribution in [3.8, 4) is 0 Å². The Labute approximate surface area is 141 Å². The Morgan fingerprint density at radius 2 is 2.00 bits per heavy atom. The summed E-state index contributed by atoms with van der Waals surface area (Å²) < 4.78 is 3.78. The molecule has 0 aliphatic heterocycles. The Morgan fingerprint density at radius 1 is 1.29 bits per heavy atom. The fourth-order valence-corrected chi connectivity index (χ4v) is 4.89. The lowest BCUT2D eigenvalue weighted by Gasteiger charge is -2.36. The summed E-state index contributed by atoms with van der Waals surface area (Å²) >= 11 is 5.79. The van der Waals surface area contributed by atoms with Crippen LogP contribution in [0.4, 0.5) is 0 Å². The van der Waals surface area contributed by atoms with Crippen LogP contribution in [0, 0.1) is 0 Å². The Balaban J connectivity index is 1.98. The molecule has 1 aliphatic rings. The zero-order valence-electron chi connectivity index (χ0n) is 13.5. The van der Waals surface area contributed by atoms with Gasteiger partial charge in [0.15, 0.2) is 0 Å². The minimum absolute atomic E-state index is 0.454. The second kappa shape index (κ2) is 8.02. The fourth-order valence-electron chi connectivity index (χ4n) is 3.24. The lowest BCUT2D eigenvalue weighted by molar-refractivity contribution is 0.377. The lowest BCUT2D eigenvalue weighted by Crippen LogP contribution is -2.39. The average Bonchev–Trinajstić information content (AvgIpc) is 2.84. The summed E-state index contributed by atoms with van der Waals surface area (Å²) in [5, 5.41) is 8.38. The number of halogens is 1. The van der Waals surface area contributed by atoms with Gasteiger partial charge in [-0.25, -0.2) is 0 Å². The summed E-state index contributed by atoms with van der Waals surface area (Å²) in [6.45, 7) is 7.27. The summed E-state index contributed by atoms with van der Waals surface area (Å²) in [6.07, 6.45) is 10.2. The quantitative estimate of drug-likeness (QED) is 0.768. The highest BCUT2D eigenvalue weighted by Crippen LogP contribution is 2.38. The molecule has 1 N–H and O–H groups in total. The van der Waals surface area contributed by atoms with Crippen LogP contribution in [0.5, 0.6) is 0 Å². The second-order valence-electron chi connectivity index (χ2n) is 5.93. The Hall–Kier alpha value is -0.000000000000000111. The van der Waals surface area contributed by atoms with Gasteiger partial charge in [-0.05, 0) is 48.4 Å². The van der Waals surface area contributed by atoms with Crippen LogP contribution in [-0.4, -0.2) is 27.3 Å². The molecule has 0 bridgehead atoms. The predicted molar refractivity (Wildman–Crippen MR) is 96.0 cm³/mol. The first-order chi connectivity index (χ1) is 10.2. The van der Waals surface area contributed by atoms with Crippen LogP contribution in [0.2, 0.25) is 0 Å². The van der Waals surface area contributed by atoms with Crippen LogP contribution < -0.4 is 5.32 Å². The van der Waals surface area contributed by atoms with Gasteiger partial charge < -0.3 is 5.32 Å². The van der Waals surface area contributed by atoms with Gasteiger partial charge in [0.2, 0.25) is 0 Å². The van der Waals surface area contributed by atoms with Crippen molar-refractivity contribution < 1.29 is 0 Å². The first kappa shape index (κ1) is 17.4. The Kier molecular flexibility index (Phi) is 6.63. The Bertz CT molecular complexity index is 453. The second-order valence-corrected chi connectivity index (χ2v) is 8.00. The van der Waals surface area contributed by atoms with Crippen LogP contribution in [0.15, 0.2) is 4.47 Å². The van der Waals surface area contributed by atoms with E-state index in [2.05, 4.69) is 62.9 Å². The van der Waals surface area contributed by atoms with Crippen molar-refractivity contribution in [2.24, 2.45) is 0 Å². The maximum atomic E-state index is 4.67. The highest BCUT2D eigenvalue weighted by Gasteiger charge is 2.30. The third-order valence-corrected chi connectivity index (χ3v) is 6.97. The van der Waals surface area contributed by atoms with Crippen molar-refractivity contribution in [1.82, 2.24) is 15.1 Å². The molecule has 1 aromatic rings. The molecular weight excluding hydrogens is 346 g/mol. The number of nitrogens with one attached hydrogen (secondary N) is 1. The molecule has 1 aromatic heterocycles. The van der Waals surface area contributed by atoms with E-state index in [0.717, 1.165) is 26.1 Å². The Morgan fingerprint density at radius 3 is 2.57 bits per heavy atom. The average molecular weight is 374 g/mol. The van der Waals surface area contributed by atoms with Gasteiger partial charge in [0.25, 0.3) is 0 Å². The van der Waals surface area contributed by atoms with Crippen molar-refractivity contribution in [2.45, 2.75) is 70.2 Å². The molecule has 1 saturated carbocycles. The summed E-state index contributed by atoms with van der Waals surface area (Å²) in [5.74, 6) is 0. The van der Waals surface area contributed by atoms with Gasteiger partial charge in [-0.15, -0.1) is 0 Å². The number of rotatable bonds is 7. The molecule has 1 aliphatic carbocycles. The normalized spacial score (nSPS) is 18.1. The van der Waals surface area contributed by atoms with Gasteiger partial charge >= 0.3 is 0 Å². The highest BCUT2D eigenvalue weighted by molar-refractivity contribution is 9.10. The maximum absolute atomic E-state index is 4.67. The molecular formula is C16H28BrN3S. The minimum Gasteiger partial charge on any atom is -0.310 e. The molecule has 2 rings (SSSR count). The molecule has 0 atom stereocenters. The fraction of sp³-hybridized carbons (Fsp3) is 0.812. The van der Waals surface area contributed by atoms with Crippen molar-refractivity contribution in [3.05, 3.63) is 15.9 Å². The molecule has 120 valence electrons. The van der Waals surface area contributed by atoms with Crippen molar-refractivity contribution in [1.29, 1.82) is 0 Å². The van der Waals surface area contributed by atoms with Gasteiger partial charge in [-0.1, -0.05) is 26.2 Å².